The molecule has 0 amide bonds. The fraction of sp³-hybridized carbons (Fsp3) is 0.600. The first-order valence-corrected chi connectivity index (χ1v) is 7.28. The molecule has 0 spiro atoms. The molecule has 2 unspecified atom stereocenters. The third-order valence-corrected chi connectivity index (χ3v) is 4.09. The van der Waals surface area contributed by atoms with Gasteiger partial charge in [0.25, 0.3) is 5.69 Å². The van der Waals surface area contributed by atoms with Crippen molar-refractivity contribution in [2.75, 3.05) is 26.7 Å². The van der Waals surface area contributed by atoms with Crippen molar-refractivity contribution in [3.8, 4) is 0 Å². The first kappa shape index (κ1) is 14.9. The molecule has 0 saturated carbocycles. The summed E-state index contributed by atoms with van der Waals surface area (Å²) >= 11 is 0. The molecule has 5 nitrogen and oxygen atoms in total. The molecule has 2 atom stereocenters. The van der Waals surface area contributed by atoms with E-state index in [1.165, 1.54) is 12.8 Å². The highest BCUT2D eigenvalue weighted by Gasteiger charge is 2.30. The number of likely N-dealkylation sites (tertiary alicyclic amines) is 1. The van der Waals surface area contributed by atoms with Crippen LogP contribution in [0.2, 0.25) is 0 Å². The molecule has 1 aliphatic rings. The molecule has 1 N–H and O–H groups in total. The molecule has 0 bridgehead atoms. The molecule has 0 radical (unpaired) electrons. The van der Waals surface area contributed by atoms with E-state index in [1.54, 1.807) is 18.2 Å². The minimum absolute atomic E-state index is 0.184. The maximum atomic E-state index is 11.0. The largest absolute Gasteiger partial charge is 0.317 e. The van der Waals surface area contributed by atoms with E-state index in [0.717, 1.165) is 25.2 Å². The zero-order chi connectivity index (χ0) is 14.5. The summed E-state index contributed by atoms with van der Waals surface area (Å²) < 4.78 is 0. The van der Waals surface area contributed by atoms with E-state index in [4.69, 9.17) is 0 Å². The van der Waals surface area contributed by atoms with Crippen LogP contribution >= 0.6 is 0 Å². The summed E-state index contributed by atoms with van der Waals surface area (Å²) in [7, 11) is 2.11. The second-order valence-electron chi connectivity index (χ2n) is 5.49. The van der Waals surface area contributed by atoms with E-state index in [9.17, 15) is 10.1 Å². The lowest BCUT2D eigenvalue weighted by Gasteiger charge is -2.39. The summed E-state index contributed by atoms with van der Waals surface area (Å²) in [6, 6.07) is 7.36. The second kappa shape index (κ2) is 6.81. The van der Waals surface area contributed by atoms with Crippen LogP contribution < -0.4 is 5.32 Å². The fourth-order valence-electron chi connectivity index (χ4n) is 3.15. The third-order valence-electron chi connectivity index (χ3n) is 4.09. The van der Waals surface area contributed by atoms with Gasteiger partial charge in [0.2, 0.25) is 0 Å². The van der Waals surface area contributed by atoms with Gasteiger partial charge in [-0.1, -0.05) is 19.1 Å². The van der Waals surface area contributed by atoms with Crippen LogP contribution in [0.15, 0.2) is 24.3 Å². The lowest BCUT2D eigenvalue weighted by molar-refractivity contribution is -0.385. The van der Waals surface area contributed by atoms with Crippen molar-refractivity contribution in [3.05, 3.63) is 39.9 Å². The molecule has 1 fully saturated rings. The monoisotopic (exact) mass is 277 g/mol. The standard InChI is InChI=1S/C15H23N3O2/c1-3-16-11-13-7-5-9-17(2)15(13)12-6-4-8-14(10-12)18(19)20/h4,6,8,10,13,15-16H,3,5,7,9,11H2,1-2H3. The number of nitro benzene ring substituents is 1. The van der Waals surface area contributed by atoms with Crippen molar-refractivity contribution in [2.24, 2.45) is 5.92 Å². The van der Waals surface area contributed by atoms with Gasteiger partial charge >= 0.3 is 0 Å². The molecular formula is C15H23N3O2. The Bertz CT molecular complexity index is 464. The molecule has 0 aromatic heterocycles. The third kappa shape index (κ3) is 3.35. The van der Waals surface area contributed by atoms with E-state index < -0.39 is 0 Å². The van der Waals surface area contributed by atoms with E-state index in [1.807, 2.05) is 6.07 Å². The van der Waals surface area contributed by atoms with Crippen molar-refractivity contribution in [3.63, 3.8) is 0 Å². The van der Waals surface area contributed by atoms with Crippen molar-refractivity contribution in [1.82, 2.24) is 10.2 Å². The van der Waals surface area contributed by atoms with Crippen LogP contribution in [-0.4, -0.2) is 36.5 Å². The molecule has 2 rings (SSSR count). The quantitative estimate of drug-likeness (QED) is 0.664. The first-order valence-electron chi connectivity index (χ1n) is 7.28. The zero-order valence-corrected chi connectivity index (χ0v) is 12.2. The summed E-state index contributed by atoms with van der Waals surface area (Å²) in [5.74, 6) is 0.510. The average molecular weight is 277 g/mol. The van der Waals surface area contributed by atoms with Crippen molar-refractivity contribution in [2.45, 2.75) is 25.8 Å². The van der Waals surface area contributed by atoms with Crippen molar-refractivity contribution >= 4 is 5.69 Å². The lowest BCUT2D eigenvalue weighted by atomic mass is 9.84. The summed E-state index contributed by atoms with van der Waals surface area (Å²) in [6.07, 6.45) is 2.36. The Labute approximate surface area is 120 Å². The van der Waals surface area contributed by atoms with Gasteiger partial charge in [-0.25, -0.2) is 0 Å². The normalized spacial score (nSPS) is 23.7. The van der Waals surface area contributed by atoms with E-state index in [2.05, 4.69) is 24.2 Å². The number of rotatable bonds is 5. The van der Waals surface area contributed by atoms with Crippen LogP contribution in [0.5, 0.6) is 0 Å². The summed E-state index contributed by atoms with van der Waals surface area (Å²) in [6.45, 7) is 5.08. The molecule has 1 heterocycles. The molecule has 110 valence electrons. The highest BCUT2D eigenvalue weighted by atomic mass is 16.6. The summed E-state index contributed by atoms with van der Waals surface area (Å²) in [5.41, 5.74) is 1.24. The maximum absolute atomic E-state index is 11.0. The van der Waals surface area contributed by atoms with Gasteiger partial charge in [-0.3, -0.25) is 15.0 Å². The summed E-state index contributed by atoms with van der Waals surface area (Å²) in [4.78, 5) is 13.0. The number of hydrogen-bond donors (Lipinski definition) is 1. The minimum Gasteiger partial charge on any atom is -0.317 e. The smallest absolute Gasteiger partial charge is 0.269 e. The summed E-state index contributed by atoms with van der Waals surface area (Å²) in [5, 5.41) is 14.4. The molecule has 1 aliphatic heterocycles. The number of piperidine rings is 1. The van der Waals surface area contributed by atoms with Crippen LogP contribution in [0.1, 0.15) is 31.4 Å². The molecule has 20 heavy (non-hydrogen) atoms. The topological polar surface area (TPSA) is 58.4 Å². The molecular weight excluding hydrogens is 254 g/mol. The van der Waals surface area contributed by atoms with Gasteiger partial charge in [-0.2, -0.15) is 0 Å². The van der Waals surface area contributed by atoms with Gasteiger partial charge in [0.1, 0.15) is 0 Å². The van der Waals surface area contributed by atoms with Crippen molar-refractivity contribution in [1.29, 1.82) is 0 Å². The Morgan fingerprint density at radius 1 is 1.50 bits per heavy atom. The maximum Gasteiger partial charge on any atom is 0.269 e. The van der Waals surface area contributed by atoms with Crippen LogP contribution in [-0.2, 0) is 0 Å². The average Bonchev–Trinajstić information content (AvgIpc) is 2.45. The second-order valence-corrected chi connectivity index (χ2v) is 5.49. The van der Waals surface area contributed by atoms with Crippen LogP contribution in [0.3, 0.4) is 0 Å². The van der Waals surface area contributed by atoms with Crippen molar-refractivity contribution < 1.29 is 4.92 Å². The van der Waals surface area contributed by atoms with E-state index in [0.29, 0.717) is 5.92 Å². The van der Waals surface area contributed by atoms with Gasteiger partial charge in [0, 0.05) is 18.2 Å². The van der Waals surface area contributed by atoms with Gasteiger partial charge in [0.05, 0.1) is 4.92 Å². The Hall–Kier alpha value is -1.46. The number of nitro groups is 1. The molecule has 0 aliphatic carbocycles. The molecule has 5 heteroatoms. The molecule has 1 aromatic carbocycles. The van der Waals surface area contributed by atoms with E-state index in [-0.39, 0.29) is 16.7 Å². The number of hydrogen-bond acceptors (Lipinski definition) is 4. The first-order chi connectivity index (χ1) is 9.63. The predicted molar refractivity (Wildman–Crippen MR) is 79.7 cm³/mol. The van der Waals surface area contributed by atoms with Gasteiger partial charge in [-0.15, -0.1) is 0 Å². The van der Waals surface area contributed by atoms with Crippen LogP contribution in [0.4, 0.5) is 5.69 Å². The molecule has 1 saturated heterocycles. The van der Waals surface area contributed by atoms with Crippen LogP contribution in [0, 0.1) is 16.0 Å². The fourth-order valence-corrected chi connectivity index (χ4v) is 3.15. The Morgan fingerprint density at radius 3 is 3.00 bits per heavy atom. The van der Waals surface area contributed by atoms with E-state index >= 15 is 0 Å². The number of nitrogens with zero attached hydrogens (tertiary/aromatic N) is 2. The minimum atomic E-state index is -0.314. The van der Waals surface area contributed by atoms with Gasteiger partial charge < -0.3 is 5.32 Å². The lowest BCUT2D eigenvalue weighted by Crippen LogP contribution is -2.40. The highest BCUT2D eigenvalue weighted by molar-refractivity contribution is 5.36. The Balaban J connectivity index is 2.25. The number of benzene rings is 1. The number of nitrogens with one attached hydrogen (secondary N) is 1. The van der Waals surface area contributed by atoms with Gasteiger partial charge in [-0.05, 0) is 51.0 Å². The van der Waals surface area contributed by atoms with Gasteiger partial charge in [0.15, 0.2) is 0 Å². The Kier molecular flexibility index (Phi) is 5.09. The highest BCUT2D eigenvalue weighted by Crippen LogP contribution is 2.35. The van der Waals surface area contributed by atoms with Crippen LogP contribution in [0.25, 0.3) is 0 Å². The SMILES string of the molecule is CCNCC1CCCN(C)C1c1cccc([N+](=O)[O-])c1. The zero-order valence-electron chi connectivity index (χ0n) is 12.2. The Morgan fingerprint density at radius 2 is 2.30 bits per heavy atom. The number of non-ortho nitro benzene ring substituents is 1. The molecule has 1 aromatic rings. The predicted octanol–water partition coefficient (Wildman–Crippen LogP) is 2.59.